The van der Waals surface area contributed by atoms with E-state index >= 15 is 0 Å². The maximum absolute atomic E-state index is 13.4. The molecular formula is C30H35N3O9S. The minimum Gasteiger partial charge on any atom is -0.460 e. The van der Waals surface area contributed by atoms with E-state index in [0.29, 0.717) is 5.56 Å². The van der Waals surface area contributed by atoms with Crippen LogP contribution < -0.4 is 10.6 Å². The lowest BCUT2D eigenvalue weighted by molar-refractivity contribution is -0.384. The van der Waals surface area contributed by atoms with E-state index in [0.717, 1.165) is 17.3 Å². The molecule has 1 aliphatic heterocycles. The number of non-ortho nitro benzene ring substituents is 1. The molecule has 0 saturated carbocycles. The molecule has 2 aromatic carbocycles. The summed E-state index contributed by atoms with van der Waals surface area (Å²) in [7, 11) is 0. The van der Waals surface area contributed by atoms with Gasteiger partial charge < -0.3 is 20.1 Å². The number of rotatable bonds is 13. The van der Waals surface area contributed by atoms with Gasteiger partial charge in [0.2, 0.25) is 17.6 Å². The lowest BCUT2D eigenvalue weighted by Crippen LogP contribution is -2.68. The standard InChI is InChI=1S/C30H35N3O9S/c1-29(2,3)42-28(38)30(4,5)21(24(35)27(37)41-16-19-11-13-20(14-12-19)33(39)40)17-43-26-23(25(36)32-26)31-22(34)15-18-9-7-6-8-10-18/h6-14,21,23,26H,15-17H2,1-5H3,(H,31,34)(H,32,36)/t21?,23-,26-/m1/s1. The largest absolute Gasteiger partial charge is 0.460 e. The molecule has 0 bridgehead atoms. The van der Waals surface area contributed by atoms with Crippen molar-refractivity contribution in [1.29, 1.82) is 0 Å². The molecule has 0 radical (unpaired) electrons. The Kier molecular flexibility index (Phi) is 10.7. The summed E-state index contributed by atoms with van der Waals surface area (Å²) in [4.78, 5) is 74.6. The Hall–Kier alpha value is -4.26. The van der Waals surface area contributed by atoms with Crippen LogP contribution in [-0.4, -0.2) is 57.2 Å². The Balaban J connectivity index is 1.70. The number of ether oxygens (including phenoxy) is 2. The quantitative estimate of drug-likeness (QED) is 0.112. The second-order valence-electron chi connectivity index (χ2n) is 11.6. The van der Waals surface area contributed by atoms with Crippen LogP contribution in [0, 0.1) is 21.4 Å². The van der Waals surface area contributed by atoms with Crippen LogP contribution in [0.2, 0.25) is 0 Å². The monoisotopic (exact) mass is 613 g/mol. The van der Waals surface area contributed by atoms with Gasteiger partial charge in [0, 0.05) is 17.9 Å². The first-order valence-electron chi connectivity index (χ1n) is 13.5. The lowest BCUT2D eigenvalue weighted by Gasteiger charge is -2.39. The molecule has 1 unspecified atom stereocenters. The molecule has 2 amide bonds. The molecule has 13 heteroatoms. The summed E-state index contributed by atoms with van der Waals surface area (Å²) in [5, 5.41) is 15.6. The first-order valence-corrected chi connectivity index (χ1v) is 14.6. The topological polar surface area (TPSA) is 171 Å². The molecular weight excluding hydrogens is 578 g/mol. The maximum atomic E-state index is 13.4. The third-order valence-electron chi connectivity index (χ3n) is 6.67. The molecule has 1 saturated heterocycles. The summed E-state index contributed by atoms with van der Waals surface area (Å²) in [6.45, 7) is 7.70. The molecule has 0 aromatic heterocycles. The van der Waals surface area contributed by atoms with Crippen LogP contribution in [0.15, 0.2) is 54.6 Å². The van der Waals surface area contributed by atoms with Crippen molar-refractivity contribution < 1.29 is 38.4 Å². The third-order valence-corrected chi connectivity index (χ3v) is 7.94. The first-order chi connectivity index (χ1) is 20.1. The third kappa shape index (κ3) is 9.11. The van der Waals surface area contributed by atoms with Crippen molar-refractivity contribution in [1.82, 2.24) is 10.6 Å². The number of ketones is 1. The Morgan fingerprint density at radius 1 is 1.00 bits per heavy atom. The average Bonchev–Trinajstić information content (AvgIpc) is 2.93. The predicted octanol–water partition coefficient (Wildman–Crippen LogP) is 3.11. The van der Waals surface area contributed by atoms with E-state index in [-0.39, 0.29) is 30.4 Å². The number of nitro benzene ring substituents is 1. The van der Waals surface area contributed by atoms with Crippen LogP contribution in [0.5, 0.6) is 0 Å². The first kappa shape index (κ1) is 33.2. The van der Waals surface area contributed by atoms with Crippen molar-refractivity contribution in [2.45, 2.75) is 64.7 Å². The second kappa shape index (κ2) is 13.8. The van der Waals surface area contributed by atoms with Gasteiger partial charge in [0.25, 0.3) is 5.69 Å². The van der Waals surface area contributed by atoms with Crippen LogP contribution in [0.4, 0.5) is 5.69 Å². The van der Waals surface area contributed by atoms with Crippen molar-refractivity contribution >= 4 is 47.0 Å². The number of nitrogens with zero attached hydrogens (tertiary/aromatic N) is 1. The number of Topliss-reactive ketones (excluding diaryl/α,β-unsaturated/α-hetero) is 1. The summed E-state index contributed by atoms with van der Waals surface area (Å²) in [6, 6.07) is 13.5. The number of hydrogen-bond donors (Lipinski definition) is 2. The van der Waals surface area contributed by atoms with E-state index in [9.17, 15) is 34.1 Å². The van der Waals surface area contributed by atoms with Crippen molar-refractivity contribution in [3.63, 3.8) is 0 Å². The normalized spacial score (nSPS) is 17.1. The minimum atomic E-state index is -1.47. The Morgan fingerprint density at radius 2 is 1.63 bits per heavy atom. The fourth-order valence-electron chi connectivity index (χ4n) is 4.08. The molecule has 43 heavy (non-hydrogen) atoms. The summed E-state index contributed by atoms with van der Waals surface area (Å²) >= 11 is 1.11. The van der Waals surface area contributed by atoms with Gasteiger partial charge in [0.1, 0.15) is 23.6 Å². The van der Waals surface area contributed by atoms with Crippen LogP contribution in [0.1, 0.15) is 45.7 Å². The lowest BCUT2D eigenvalue weighted by atomic mass is 9.77. The molecule has 1 fully saturated rings. The van der Waals surface area contributed by atoms with Gasteiger partial charge in [-0.2, -0.15) is 0 Å². The van der Waals surface area contributed by atoms with Crippen molar-refractivity contribution in [3.8, 4) is 0 Å². The van der Waals surface area contributed by atoms with E-state index in [1.54, 1.807) is 45.0 Å². The Bertz CT molecular complexity index is 1370. The molecule has 12 nitrogen and oxygen atoms in total. The molecule has 0 spiro atoms. The van der Waals surface area contributed by atoms with Gasteiger partial charge in [-0.1, -0.05) is 30.3 Å². The molecule has 2 aromatic rings. The molecule has 0 aliphatic carbocycles. The Labute approximate surface area is 253 Å². The van der Waals surface area contributed by atoms with Crippen molar-refractivity contribution in [2.24, 2.45) is 11.3 Å². The summed E-state index contributed by atoms with van der Waals surface area (Å²) in [5.41, 5.74) is -1.26. The number of nitrogens with one attached hydrogen (secondary N) is 2. The van der Waals surface area contributed by atoms with E-state index in [4.69, 9.17) is 9.47 Å². The van der Waals surface area contributed by atoms with E-state index < -0.39 is 56.9 Å². The number of thioether (sulfide) groups is 1. The molecule has 2 N–H and O–H groups in total. The number of hydrogen-bond acceptors (Lipinski definition) is 10. The maximum Gasteiger partial charge on any atom is 0.375 e. The summed E-state index contributed by atoms with van der Waals surface area (Å²) in [6.07, 6.45) is 0.0788. The fraction of sp³-hybridized carbons (Fsp3) is 0.433. The number of amides is 2. The van der Waals surface area contributed by atoms with Crippen LogP contribution >= 0.6 is 11.8 Å². The zero-order chi connectivity index (χ0) is 31.9. The van der Waals surface area contributed by atoms with Gasteiger partial charge >= 0.3 is 11.9 Å². The highest BCUT2D eigenvalue weighted by Gasteiger charge is 2.48. The molecule has 3 atom stereocenters. The molecule has 1 aliphatic rings. The highest BCUT2D eigenvalue weighted by molar-refractivity contribution is 8.00. The number of nitro groups is 1. The van der Waals surface area contributed by atoms with Crippen molar-refractivity contribution in [3.05, 3.63) is 75.8 Å². The van der Waals surface area contributed by atoms with Gasteiger partial charge in [-0.3, -0.25) is 29.3 Å². The van der Waals surface area contributed by atoms with Gasteiger partial charge in [0.05, 0.1) is 22.7 Å². The van der Waals surface area contributed by atoms with Crippen LogP contribution in [0.25, 0.3) is 0 Å². The second-order valence-corrected chi connectivity index (χ2v) is 12.8. The smallest absolute Gasteiger partial charge is 0.375 e. The predicted molar refractivity (Wildman–Crippen MR) is 157 cm³/mol. The van der Waals surface area contributed by atoms with Gasteiger partial charge in [-0.05, 0) is 57.9 Å². The molecule has 3 rings (SSSR count). The zero-order valence-corrected chi connectivity index (χ0v) is 25.4. The number of carbonyl (C=O) groups excluding carboxylic acids is 5. The van der Waals surface area contributed by atoms with Crippen molar-refractivity contribution in [2.75, 3.05) is 5.75 Å². The fourth-order valence-corrected chi connectivity index (χ4v) is 5.63. The molecule has 230 valence electrons. The van der Waals surface area contributed by atoms with E-state index in [2.05, 4.69) is 10.6 Å². The van der Waals surface area contributed by atoms with Gasteiger partial charge in [-0.25, -0.2) is 4.79 Å². The minimum absolute atomic E-state index is 0.0757. The number of esters is 2. The van der Waals surface area contributed by atoms with E-state index in [1.807, 2.05) is 6.07 Å². The highest BCUT2D eigenvalue weighted by Crippen LogP contribution is 2.36. The molecule has 1 heterocycles. The Morgan fingerprint density at radius 3 is 2.19 bits per heavy atom. The average molecular weight is 614 g/mol. The van der Waals surface area contributed by atoms with Gasteiger partial charge in [0.15, 0.2) is 0 Å². The van der Waals surface area contributed by atoms with E-state index in [1.165, 1.54) is 38.1 Å². The number of benzene rings is 2. The van der Waals surface area contributed by atoms with Crippen LogP contribution in [-0.2, 0) is 46.5 Å². The highest BCUT2D eigenvalue weighted by atomic mass is 32.2. The SMILES string of the molecule is CC(C)(C)OC(=O)C(C)(C)C(CS[C@H]1NC(=O)[C@H]1NC(=O)Cc1ccccc1)C(=O)C(=O)OCc1ccc([N+](=O)[O-])cc1. The number of β-lactam (4-membered cyclic amide) rings is 1. The number of carbonyl (C=O) groups is 5. The summed E-state index contributed by atoms with van der Waals surface area (Å²) in [5.74, 6) is -4.90. The van der Waals surface area contributed by atoms with Crippen LogP contribution in [0.3, 0.4) is 0 Å². The zero-order valence-electron chi connectivity index (χ0n) is 24.6. The summed E-state index contributed by atoms with van der Waals surface area (Å²) < 4.78 is 10.7. The van der Waals surface area contributed by atoms with Gasteiger partial charge in [-0.15, -0.1) is 11.8 Å².